The Kier molecular flexibility index (Phi) is 3.36. The molecule has 2 heteroatoms. The Morgan fingerprint density at radius 2 is 2.27 bits per heavy atom. The lowest BCUT2D eigenvalue weighted by molar-refractivity contribution is -0.0613. The van der Waals surface area contributed by atoms with E-state index in [4.69, 9.17) is 0 Å². The minimum Gasteiger partial charge on any atom is -0.389 e. The first-order valence-corrected chi connectivity index (χ1v) is 6.59. The topological polar surface area (TPSA) is 23.5 Å². The van der Waals surface area contributed by atoms with Crippen molar-refractivity contribution in [3.8, 4) is 0 Å². The van der Waals surface area contributed by atoms with Gasteiger partial charge in [-0.25, -0.2) is 0 Å². The Morgan fingerprint density at radius 3 is 3.00 bits per heavy atom. The summed E-state index contributed by atoms with van der Waals surface area (Å²) in [6, 6.07) is 0. The van der Waals surface area contributed by atoms with Crippen LogP contribution in [-0.4, -0.2) is 35.2 Å². The zero-order chi connectivity index (χ0) is 10.9. The molecule has 0 aliphatic carbocycles. The predicted molar refractivity (Wildman–Crippen MR) is 62.8 cm³/mol. The summed E-state index contributed by atoms with van der Waals surface area (Å²) in [5, 5.41) is 10.7. The number of piperidine rings is 1. The molecule has 0 aromatic heterocycles. The third-order valence-electron chi connectivity index (χ3n) is 4.38. The highest BCUT2D eigenvalue weighted by Gasteiger charge is 2.44. The van der Waals surface area contributed by atoms with E-state index in [1.807, 2.05) is 0 Å². The number of hydrogen-bond donors (Lipinski definition) is 1. The van der Waals surface area contributed by atoms with Crippen LogP contribution < -0.4 is 0 Å². The van der Waals surface area contributed by atoms with Crippen LogP contribution in [0.15, 0.2) is 0 Å². The van der Waals surface area contributed by atoms with Crippen LogP contribution in [0.3, 0.4) is 0 Å². The van der Waals surface area contributed by atoms with Gasteiger partial charge in [-0.05, 0) is 31.7 Å². The number of nitrogens with zero attached hydrogens (tertiary/aromatic N) is 1. The molecule has 0 saturated carbocycles. The van der Waals surface area contributed by atoms with E-state index < -0.39 is 0 Å². The molecule has 2 heterocycles. The van der Waals surface area contributed by atoms with E-state index in [0.717, 1.165) is 25.9 Å². The molecule has 2 fully saturated rings. The Labute approximate surface area is 93.7 Å². The van der Waals surface area contributed by atoms with Crippen molar-refractivity contribution < 1.29 is 5.11 Å². The third kappa shape index (κ3) is 2.36. The van der Waals surface area contributed by atoms with Crippen LogP contribution in [0.4, 0.5) is 0 Å². The monoisotopic (exact) mass is 211 g/mol. The first kappa shape index (κ1) is 11.4. The first-order valence-electron chi connectivity index (χ1n) is 6.59. The van der Waals surface area contributed by atoms with Gasteiger partial charge in [-0.15, -0.1) is 0 Å². The van der Waals surface area contributed by atoms with Crippen molar-refractivity contribution in [2.24, 2.45) is 11.8 Å². The van der Waals surface area contributed by atoms with Crippen molar-refractivity contribution >= 4 is 0 Å². The van der Waals surface area contributed by atoms with Crippen LogP contribution in [0.5, 0.6) is 0 Å². The van der Waals surface area contributed by atoms with Gasteiger partial charge in [0, 0.05) is 19.0 Å². The summed E-state index contributed by atoms with van der Waals surface area (Å²) >= 11 is 0. The number of hydrogen-bond acceptors (Lipinski definition) is 2. The van der Waals surface area contributed by atoms with E-state index >= 15 is 0 Å². The van der Waals surface area contributed by atoms with Crippen LogP contribution in [0.2, 0.25) is 0 Å². The molecule has 0 aromatic carbocycles. The summed E-state index contributed by atoms with van der Waals surface area (Å²) in [6.45, 7) is 8.01. The maximum Gasteiger partial charge on any atom is 0.0703 e. The van der Waals surface area contributed by atoms with Gasteiger partial charge >= 0.3 is 0 Å². The molecule has 2 nitrogen and oxygen atoms in total. The van der Waals surface area contributed by atoms with E-state index in [0.29, 0.717) is 11.8 Å². The summed E-state index contributed by atoms with van der Waals surface area (Å²) in [7, 11) is 0. The van der Waals surface area contributed by atoms with Crippen molar-refractivity contribution in [1.29, 1.82) is 0 Å². The molecule has 0 aromatic rings. The summed E-state index contributed by atoms with van der Waals surface area (Å²) in [6.07, 6.45) is 5.76. The van der Waals surface area contributed by atoms with Crippen LogP contribution in [0.25, 0.3) is 0 Å². The highest BCUT2D eigenvalue weighted by molar-refractivity contribution is 4.98. The van der Waals surface area contributed by atoms with E-state index in [1.54, 1.807) is 0 Å². The van der Waals surface area contributed by atoms with Gasteiger partial charge in [0.05, 0.1) is 5.60 Å². The van der Waals surface area contributed by atoms with E-state index in [2.05, 4.69) is 18.7 Å². The summed E-state index contributed by atoms with van der Waals surface area (Å²) in [5.41, 5.74) is -0.332. The van der Waals surface area contributed by atoms with Gasteiger partial charge in [0.25, 0.3) is 0 Å². The molecular formula is C13H25NO. The highest BCUT2D eigenvalue weighted by Crippen LogP contribution is 2.40. The average Bonchev–Trinajstić information content (AvgIpc) is 2.58. The van der Waals surface area contributed by atoms with Crippen LogP contribution in [0, 0.1) is 11.8 Å². The average molecular weight is 211 g/mol. The standard InChI is InChI=1S/C13H25NO/c1-3-4-11(2)9-13(15)6-8-14-7-5-12(13)10-14/h11-12,15H,3-10H2,1-2H3. The molecule has 2 aliphatic rings. The van der Waals surface area contributed by atoms with Crippen LogP contribution in [-0.2, 0) is 0 Å². The number of rotatable bonds is 4. The quantitative estimate of drug-likeness (QED) is 0.771. The van der Waals surface area contributed by atoms with E-state index in [-0.39, 0.29) is 5.60 Å². The Morgan fingerprint density at radius 1 is 1.47 bits per heavy atom. The molecule has 2 bridgehead atoms. The maximum atomic E-state index is 10.7. The third-order valence-corrected chi connectivity index (χ3v) is 4.38. The van der Waals surface area contributed by atoms with Crippen LogP contribution in [0.1, 0.15) is 46.0 Å². The second-order valence-electron chi connectivity index (χ2n) is 5.74. The van der Waals surface area contributed by atoms with Crippen LogP contribution >= 0.6 is 0 Å². The van der Waals surface area contributed by atoms with Gasteiger partial charge in [0.15, 0.2) is 0 Å². The Hall–Kier alpha value is -0.0800. The smallest absolute Gasteiger partial charge is 0.0703 e. The summed E-state index contributed by atoms with van der Waals surface area (Å²) in [4.78, 5) is 2.50. The van der Waals surface area contributed by atoms with Crippen molar-refractivity contribution in [3.05, 3.63) is 0 Å². The Balaban J connectivity index is 1.93. The largest absolute Gasteiger partial charge is 0.389 e. The second kappa shape index (κ2) is 4.42. The number of fused-ring (bicyclic) bond motifs is 2. The molecule has 2 aliphatic heterocycles. The molecule has 1 N–H and O–H groups in total. The van der Waals surface area contributed by atoms with Crippen molar-refractivity contribution in [2.75, 3.05) is 19.6 Å². The minimum absolute atomic E-state index is 0.332. The molecule has 4 unspecified atom stereocenters. The van der Waals surface area contributed by atoms with Crippen molar-refractivity contribution in [3.63, 3.8) is 0 Å². The molecular weight excluding hydrogens is 186 g/mol. The van der Waals surface area contributed by atoms with Gasteiger partial charge in [0.2, 0.25) is 0 Å². The molecule has 0 radical (unpaired) electrons. The van der Waals surface area contributed by atoms with Crippen molar-refractivity contribution in [2.45, 2.75) is 51.6 Å². The normalized spacial score (nSPS) is 41.8. The zero-order valence-corrected chi connectivity index (χ0v) is 10.2. The van der Waals surface area contributed by atoms with Gasteiger partial charge < -0.3 is 10.0 Å². The number of aliphatic hydroxyl groups is 1. The second-order valence-corrected chi connectivity index (χ2v) is 5.74. The molecule has 88 valence electrons. The van der Waals surface area contributed by atoms with E-state index in [9.17, 15) is 5.11 Å². The molecule has 0 amide bonds. The lowest BCUT2D eigenvalue weighted by Crippen LogP contribution is -2.47. The predicted octanol–water partition coefficient (Wildman–Crippen LogP) is 2.27. The molecule has 15 heavy (non-hydrogen) atoms. The fourth-order valence-corrected chi connectivity index (χ4v) is 3.50. The molecule has 0 spiro atoms. The lowest BCUT2D eigenvalue weighted by atomic mass is 9.76. The van der Waals surface area contributed by atoms with Gasteiger partial charge in [-0.1, -0.05) is 26.7 Å². The zero-order valence-electron chi connectivity index (χ0n) is 10.2. The minimum atomic E-state index is -0.332. The SMILES string of the molecule is CCCC(C)CC1(O)CCN2CCC1C2. The lowest BCUT2D eigenvalue weighted by Gasteiger charge is -2.40. The van der Waals surface area contributed by atoms with Crippen molar-refractivity contribution in [1.82, 2.24) is 4.90 Å². The fraction of sp³-hybridized carbons (Fsp3) is 1.00. The Bertz CT molecular complexity index is 219. The summed E-state index contributed by atoms with van der Waals surface area (Å²) < 4.78 is 0. The highest BCUT2D eigenvalue weighted by atomic mass is 16.3. The maximum absolute atomic E-state index is 10.7. The fourth-order valence-electron chi connectivity index (χ4n) is 3.50. The van der Waals surface area contributed by atoms with E-state index in [1.165, 1.54) is 25.8 Å². The van der Waals surface area contributed by atoms with Gasteiger partial charge in [-0.2, -0.15) is 0 Å². The molecule has 4 atom stereocenters. The van der Waals surface area contributed by atoms with Gasteiger partial charge in [0.1, 0.15) is 0 Å². The first-order chi connectivity index (χ1) is 7.14. The molecule has 2 saturated heterocycles. The molecule has 2 rings (SSSR count). The summed E-state index contributed by atoms with van der Waals surface area (Å²) in [5.74, 6) is 1.25. The van der Waals surface area contributed by atoms with Gasteiger partial charge in [-0.3, -0.25) is 0 Å².